The van der Waals surface area contributed by atoms with Gasteiger partial charge in [-0.1, -0.05) is 12.1 Å². The van der Waals surface area contributed by atoms with Gasteiger partial charge in [-0.3, -0.25) is 4.79 Å². The third-order valence-corrected chi connectivity index (χ3v) is 4.08. The second kappa shape index (κ2) is 8.57. The molecular formula is C19H20F3N3O3. The predicted octanol–water partition coefficient (Wildman–Crippen LogP) is 3.32. The van der Waals surface area contributed by atoms with Crippen molar-refractivity contribution in [3.8, 4) is 5.88 Å². The molecule has 0 radical (unpaired) electrons. The van der Waals surface area contributed by atoms with Gasteiger partial charge >= 0.3 is 6.18 Å². The maximum absolute atomic E-state index is 12.3. The minimum Gasteiger partial charge on any atom is -0.468 e. The van der Waals surface area contributed by atoms with Crippen molar-refractivity contribution in [2.24, 2.45) is 0 Å². The Morgan fingerprint density at radius 2 is 2.00 bits per heavy atom. The van der Waals surface area contributed by atoms with E-state index in [2.05, 4.69) is 20.4 Å². The van der Waals surface area contributed by atoms with Gasteiger partial charge in [0.1, 0.15) is 0 Å². The highest BCUT2D eigenvalue weighted by atomic mass is 19.4. The zero-order valence-electron chi connectivity index (χ0n) is 15.1. The molecule has 0 spiro atoms. The van der Waals surface area contributed by atoms with E-state index in [9.17, 15) is 18.0 Å². The van der Waals surface area contributed by atoms with Gasteiger partial charge in [0, 0.05) is 31.0 Å². The molecule has 0 bridgehead atoms. The third-order valence-electron chi connectivity index (χ3n) is 4.08. The zero-order chi connectivity index (χ0) is 20.1. The van der Waals surface area contributed by atoms with Crippen molar-refractivity contribution in [2.75, 3.05) is 25.0 Å². The molecule has 150 valence electrons. The van der Waals surface area contributed by atoms with Gasteiger partial charge in [0.25, 0.3) is 5.91 Å². The Balaban J connectivity index is 1.57. The van der Waals surface area contributed by atoms with Crippen LogP contribution in [0.1, 0.15) is 28.9 Å². The number of rotatable bonds is 5. The fourth-order valence-electron chi connectivity index (χ4n) is 2.73. The van der Waals surface area contributed by atoms with Gasteiger partial charge in [-0.15, -0.1) is 0 Å². The monoisotopic (exact) mass is 395 g/mol. The molecular weight excluding hydrogens is 375 g/mol. The van der Waals surface area contributed by atoms with Crippen molar-refractivity contribution < 1.29 is 27.4 Å². The molecule has 2 N–H and O–H groups in total. The summed E-state index contributed by atoms with van der Waals surface area (Å²) in [4.78, 5) is 16.0. The highest BCUT2D eigenvalue weighted by Gasteiger charge is 2.28. The van der Waals surface area contributed by atoms with Gasteiger partial charge in [-0.05, 0) is 30.7 Å². The lowest BCUT2D eigenvalue weighted by atomic mass is 10.1. The van der Waals surface area contributed by atoms with Crippen molar-refractivity contribution >= 4 is 11.6 Å². The molecule has 0 saturated carbocycles. The second-order valence-electron chi connectivity index (χ2n) is 6.46. The van der Waals surface area contributed by atoms with Crippen LogP contribution in [0.5, 0.6) is 5.88 Å². The fourth-order valence-corrected chi connectivity index (χ4v) is 2.73. The number of morpholine rings is 1. The van der Waals surface area contributed by atoms with Gasteiger partial charge in [0.05, 0.1) is 17.8 Å². The number of carbonyl (C=O) groups is 1. The molecule has 3 rings (SSSR count). The number of carbonyl (C=O) groups excluding carboxylic acids is 1. The van der Waals surface area contributed by atoms with Crippen LogP contribution in [0.25, 0.3) is 0 Å². The molecule has 6 nitrogen and oxygen atoms in total. The number of hydrogen-bond acceptors (Lipinski definition) is 5. The summed E-state index contributed by atoms with van der Waals surface area (Å²) in [6.45, 7) is 2.11. The van der Waals surface area contributed by atoms with Crippen LogP contribution < -0.4 is 15.4 Å². The summed E-state index contributed by atoms with van der Waals surface area (Å²) >= 11 is 0. The summed E-state index contributed by atoms with van der Waals surface area (Å²) in [6, 6.07) is 9.87. The van der Waals surface area contributed by atoms with E-state index < -0.39 is 18.7 Å². The zero-order valence-corrected chi connectivity index (χ0v) is 15.1. The molecule has 2 aromatic rings. The van der Waals surface area contributed by atoms with E-state index in [1.807, 2.05) is 19.1 Å². The molecule has 2 heterocycles. The SMILES string of the molecule is C[C@@H]1CNC[C@H](c2ccc(NC(=O)c3ccc(OCC(F)(F)F)nc3)cc2)O1. The normalized spacial score (nSPS) is 19.9. The molecule has 0 aliphatic carbocycles. The number of benzene rings is 1. The summed E-state index contributed by atoms with van der Waals surface area (Å²) < 4.78 is 46.8. The van der Waals surface area contributed by atoms with Gasteiger partial charge in [-0.2, -0.15) is 13.2 Å². The van der Waals surface area contributed by atoms with Gasteiger partial charge < -0.3 is 20.1 Å². The van der Waals surface area contributed by atoms with Crippen LogP contribution >= 0.6 is 0 Å². The molecule has 2 atom stereocenters. The second-order valence-corrected chi connectivity index (χ2v) is 6.46. The van der Waals surface area contributed by atoms with E-state index in [-0.39, 0.29) is 23.7 Å². The van der Waals surface area contributed by atoms with Crippen molar-refractivity contribution in [3.63, 3.8) is 0 Å². The average molecular weight is 395 g/mol. The minimum absolute atomic E-state index is 0.0399. The summed E-state index contributed by atoms with van der Waals surface area (Å²) in [5, 5.41) is 6.02. The van der Waals surface area contributed by atoms with Crippen LogP contribution in [0, 0.1) is 0 Å². The molecule has 1 amide bonds. The maximum Gasteiger partial charge on any atom is 0.422 e. The van der Waals surface area contributed by atoms with Crippen molar-refractivity contribution in [1.29, 1.82) is 0 Å². The van der Waals surface area contributed by atoms with Crippen LogP contribution in [-0.4, -0.2) is 42.9 Å². The molecule has 0 unspecified atom stereocenters. The van der Waals surface area contributed by atoms with E-state index in [0.717, 1.165) is 18.7 Å². The topological polar surface area (TPSA) is 72.5 Å². The van der Waals surface area contributed by atoms with Crippen LogP contribution in [0.15, 0.2) is 42.6 Å². The largest absolute Gasteiger partial charge is 0.468 e. The molecule has 1 aliphatic heterocycles. The molecule has 1 aromatic carbocycles. The van der Waals surface area contributed by atoms with E-state index in [4.69, 9.17) is 4.74 Å². The summed E-state index contributed by atoms with van der Waals surface area (Å²) in [5.41, 5.74) is 1.80. The number of alkyl halides is 3. The highest BCUT2D eigenvalue weighted by molar-refractivity contribution is 6.04. The van der Waals surface area contributed by atoms with E-state index >= 15 is 0 Å². The molecule has 1 fully saturated rings. The number of nitrogens with one attached hydrogen (secondary N) is 2. The fraction of sp³-hybridized carbons (Fsp3) is 0.368. The highest BCUT2D eigenvalue weighted by Crippen LogP contribution is 2.23. The summed E-state index contributed by atoms with van der Waals surface area (Å²) in [5.74, 6) is -0.625. The Hall–Kier alpha value is -2.65. The van der Waals surface area contributed by atoms with Gasteiger partial charge in [0.2, 0.25) is 5.88 Å². The average Bonchev–Trinajstić information content (AvgIpc) is 2.67. The Morgan fingerprint density at radius 3 is 2.61 bits per heavy atom. The molecule has 1 aliphatic rings. The number of hydrogen-bond donors (Lipinski definition) is 2. The van der Waals surface area contributed by atoms with Crippen molar-refractivity contribution in [1.82, 2.24) is 10.3 Å². The van der Waals surface area contributed by atoms with E-state index in [1.54, 1.807) is 12.1 Å². The number of amides is 1. The molecule has 1 saturated heterocycles. The van der Waals surface area contributed by atoms with Crippen LogP contribution in [0.4, 0.5) is 18.9 Å². The Morgan fingerprint density at radius 1 is 1.25 bits per heavy atom. The number of pyridine rings is 1. The molecule has 28 heavy (non-hydrogen) atoms. The van der Waals surface area contributed by atoms with Crippen LogP contribution in [0.3, 0.4) is 0 Å². The Bertz CT molecular complexity index is 795. The van der Waals surface area contributed by atoms with E-state index in [1.165, 1.54) is 18.3 Å². The standard InChI is InChI=1S/C19H20F3N3O3/c1-12-8-23-10-16(28-12)13-2-5-15(6-3-13)25-18(26)14-4-7-17(24-9-14)27-11-19(20,21)22/h2-7,9,12,16,23H,8,10-11H2,1H3,(H,25,26)/t12-,16-/m1/s1. The predicted molar refractivity (Wildman–Crippen MR) is 96.3 cm³/mol. The number of ether oxygens (including phenoxy) is 2. The number of anilines is 1. The Labute approximate surface area is 160 Å². The van der Waals surface area contributed by atoms with Crippen molar-refractivity contribution in [2.45, 2.75) is 25.3 Å². The summed E-state index contributed by atoms with van der Waals surface area (Å²) in [7, 11) is 0. The van der Waals surface area contributed by atoms with Gasteiger partial charge in [0.15, 0.2) is 6.61 Å². The quantitative estimate of drug-likeness (QED) is 0.813. The lowest BCUT2D eigenvalue weighted by Gasteiger charge is -2.29. The minimum atomic E-state index is -4.44. The van der Waals surface area contributed by atoms with E-state index in [0.29, 0.717) is 5.69 Å². The van der Waals surface area contributed by atoms with Crippen LogP contribution in [0.2, 0.25) is 0 Å². The lowest BCUT2D eigenvalue weighted by Crippen LogP contribution is -2.38. The first-order valence-electron chi connectivity index (χ1n) is 8.73. The maximum atomic E-state index is 12.3. The third kappa shape index (κ3) is 5.67. The van der Waals surface area contributed by atoms with Gasteiger partial charge in [-0.25, -0.2) is 4.98 Å². The number of halogens is 3. The molecule has 9 heteroatoms. The Kier molecular flexibility index (Phi) is 6.15. The molecule has 1 aromatic heterocycles. The first-order valence-corrected chi connectivity index (χ1v) is 8.73. The summed E-state index contributed by atoms with van der Waals surface area (Å²) in [6.07, 6.45) is -3.19. The lowest BCUT2D eigenvalue weighted by molar-refractivity contribution is -0.154. The first kappa shape index (κ1) is 20.1. The first-order chi connectivity index (χ1) is 13.3. The smallest absolute Gasteiger partial charge is 0.422 e. The number of aromatic nitrogens is 1. The van der Waals surface area contributed by atoms with Crippen LogP contribution in [-0.2, 0) is 4.74 Å². The number of nitrogens with zero attached hydrogens (tertiary/aromatic N) is 1. The van der Waals surface area contributed by atoms with Crippen molar-refractivity contribution in [3.05, 3.63) is 53.7 Å².